The zero-order valence-electron chi connectivity index (χ0n) is 9.60. The summed E-state index contributed by atoms with van der Waals surface area (Å²) in [6.45, 7) is 1.55. The summed E-state index contributed by atoms with van der Waals surface area (Å²) in [5, 5.41) is 8.19. The van der Waals surface area contributed by atoms with Gasteiger partial charge in [-0.3, -0.25) is 9.67 Å². The van der Waals surface area contributed by atoms with Gasteiger partial charge in [-0.1, -0.05) is 11.6 Å². The highest BCUT2D eigenvalue weighted by atomic mass is 35.5. The van der Waals surface area contributed by atoms with Crippen molar-refractivity contribution in [3.05, 3.63) is 41.2 Å². The fourth-order valence-electron chi connectivity index (χ4n) is 1.47. The second kappa shape index (κ2) is 5.75. The lowest BCUT2D eigenvalue weighted by Crippen LogP contribution is -2.17. The fraction of sp³-hybridized carbons (Fsp3) is 0.364. The standard InChI is InChI=1S/C11H14ClN5/c1-17-8-15-11(16-17)3-5-13-6-9-2-4-14-7-10(9)12/h2,4,7-8,13H,3,5-6H2,1H3. The summed E-state index contributed by atoms with van der Waals surface area (Å²) in [6, 6.07) is 1.91. The van der Waals surface area contributed by atoms with E-state index in [2.05, 4.69) is 20.4 Å². The van der Waals surface area contributed by atoms with Gasteiger partial charge in [0, 0.05) is 39.0 Å². The maximum Gasteiger partial charge on any atom is 0.151 e. The monoisotopic (exact) mass is 251 g/mol. The lowest BCUT2D eigenvalue weighted by atomic mass is 10.2. The van der Waals surface area contributed by atoms with Crippen molar-refractivity contribution in [3.63, 3.8) is 0 Å². The van der Waals surface area contributed by atoms with Gasteiger partial charge in [0.15, 0.2) is 5.82 Å². The van der Waals surface area contributed by atoms with Crippen molar-refractivity contribution in [2.75, 3.05) is 6.54 Å². The third kappa shape index (κ3) is 3.51. The van der Waals surface area contributed by atoms with Crippen LogP contribution in [0, 0.1) is 0 Å². The molecule has 0 aliphatic carbocycles. The number of aryl methyl sites for hydroxylation is 1. The van der Waals surface area contributed by atoms with Crippen LogP contribution in [0.4, 0.5) is 0 Å². The molecule has 90 valence electrons. The summed E-state index contributed by atoms with van der Waals surface area (Å²) >= 11 is 5.99. The number of halogens is 1. The van der Waals surface area contributed by atoms with Crippen molar-refractivity contribution in [2.45, 2.75) is 13.0 Å². The third-order valence-electron chi connectivity index (χ3n) is 2.34. The number of hydrogen-bond acceptors (Lipinski definition) is 4. The highest BCUT2D eigenvalue weighted by Crippen LogP contribution is 2.12. The Balaban J connectivity index is 1.75. The first kappa shape index (κ1) is 12.0. The summed E-state index contributed by atoms with van der Waals surface area (Å²) in [5.74, 6) is 0.848. The van der Waals surface area contributed by atoms with Gasteiger partial charge in [0.2, 0.25) is 0 Å². The minimum Gasteiger partial charge on any atom is -0.312 e. The summed E-state index contributed by atoms with van der Waals surface area (Å²) in [4.78, 5) is 8.09. The van der Waals surface area contributed by atoms with Gasteiger partial charge < -0.3 is 5.32 Å². The Labute approximate surface area is 105 Å². The van der Waals surface area contributed by atoms with Gasteiger partial charge in [-0.05, 0) is 11.6 Å². The van der Waals surface area contributed by atoms with Crippen molar-refractivity contribution in [1.29, 1.82) is 0 Å². The second-order valence-electron chi connectivity index (χ2n) is 3.73. The second-order valence-corrected chi connectivity index (χ2v) is 4.14. The molecule has 0 fully saturated rings. The molecule has 2 heterocycles. The molecular weight excluding hydrogens is 238 g/mol. The molecule has 2 aromatic heterocycles. The van der Waals surface area contributed by atoms with E-state index in [0.29, 0.717) is 5.02 Å². The molecule has 1 N–H and O–H groups in total. The normalized spacial score (nSPS) is 10.7. The summed E-state index contributed by atoms with van der Waals surface area (Å²) in [7, 11) is 1.86. The number of nitrogens with zero attached hydrogens (tertiary/aromatic N) is 4. The maximum absolute atomic E-state index is 5.99. The van der Waals surface area contributed by atoms with Crippen LogP contribution in [-0.4, -0.2) is 26.3 Å². The minimum absolute atomic E-state index is 0.691. The molecule has 6 heteroatoms. The number of hydrogen-bond donors (Lipinski definition) is 1. The predicted molar refractivity (Wildman–Crippen MR) is 65.7 cm³/mol. The van der Waals surface area contributed by atoms with E-state index in [0.717, 1.165) is 30.9 Å². The lowest BCUT2D eigenvalue weighted by Gasteiger charge is -2.04. The van der Waals surface area contributed by atoms with Crippen LogP contribution in [0.1, 0.15) is 11.4 Å². The van der Waals surface area contributed by atoms with Crippen molar-refractivity contribution in [1.82, 2.24) is 25.1 Å². The minimum atomic E-state index is 0.691. The largest absolute Gasteiger partial charge is 0.312 e. The molecule has 0 radical (unpaired) electrons. The average molecular weight is 252 g/mol. The van der Waals surface area contributed by atoms with Crippen LogP contribution in [0.25, 0.3) is 0 Å². The molecular formula is C11H14ClN5. The number of aromatic nitrogens is 4. The van der Waals surface area contributed by atoms with Crippen LogP contribution in [0.3, 0.4) is 0 Å². The number of pyridine rings is 1. The molecule has 0 amide bonds. The number of rotatable bonds is 5. The molecule has 0 aromatic carbocycles. The molecule has 0 saturated carbocycles. The van der Waals surface area contributed by atoms with Crippen LogP contribution < -0.4 is 5.32 Å². The van der Waals surface area contributed by atoms with E-state index < -0.39 is 0 Å². The Morgan fingerprint density at radius 3 is 3.06 bits per heavy atom. The molecule has 5 nitrogen and oxygen atoms in total. The van der Waals surface area contributed by atoms with E-state index in [1.165, 1.54) is 0 Å². The van der Waals surface area contributed by atoms with Gasteiger partial charge >= 0.3 is 0 Å². The Bertz CT molecular complexity index is 482. The molecule has 2 rings (SSSR count). The van der Waals surface area contributed by atoms with Crippen molar-refractivity contribution in [2.24, 2.45) is 7.05 Å². The van der Waals surface area contributed by atoms with Gasteiger partial charge in [-0.2, -0.15) is 5.10 Å². The molecule has 0 aliphatic heterocycles. The topological polar surface area (TPSA) is 55.6 Å². The Hall–Kier alpha value is -1.46. The molecule has 17 heavy (non-hydrogen) atoms. The quantitative estimate of drug-likeness (QED) is 0.812. The Morgan fingerprint density at radius 1 is 1.47 bits per heavy atom. The highest BCUT2D eigenvalue weighted by molar-refractivity contribution is 6.31. The zero-order valence-corrected chi connectivity index (χ0v) is 10.4. The van der Waals surface area contributed by atoms with Crippen LogP contribution in [0.2, 0.25) is 5.02 Å². The van der Waals surface area contributed by atoms with E-state index in [-0.39, 0.29) is 0 Å². The lowest BCUT2D eigenvalue weighted by molar-refractivity contribution is 0.661. The molecule has 0 bridgehead atoms. The first-order valence-corrected chi connectivity index (χ1v) is 5.77. The fourth-order valence-corrected chi connectivity index (χ4v) is 1.66. The maximum atomic E-state index is 5.99. The highest BCUT2D eigenvalue weighted by Gasteiger charge is 2.00. The van der Waals surface area contributed by atoms with E-state index in [1.54, 1.807) is 23.4 Å². The number of nitrogens with one attached hydrogen (secondary N) is 1. The van der Waals surface area contributed by atoms with Crippen molar-refractivity contribution >= 4 is 11.6 Å². The summed E-state index contributed by atoms with van der Waals surface area (Å²) in [6.07, 6.45) is 5.90. The van der Waals surface area contributed by atoms with Crippen molar-refractivity contribution in [3.8, 4) is 0 Å². The third-order valence-corrected chi connectivity index (χ3v) is 2.68. The van der Waals surface area contributed by atoms with E-state index in [9.17, 15) is 0 Å². The van der Waals surface area contributed by atoms with Crippen LogP contribution in [0.5, 0.6) is 0 Å². The first-order valence-electron chi connectivity index (χ1n) is 5.39. The average Bonchev–Trinajstić information content (AvgIpc) is 2.73. The summed E-state index contributed by atoms with van der Waals surface area (Å²) in [5.41, 5.74) is 1.05. The molecule has 0 saturated heterocycles. The smallest absolute Gasteiger partial charge is 0.151 e. The molecule has 0 spiro atoms. The van der Waals surface area contributed by atoms with Crippen LogP contribution >= 0.6 is 11.6 Å². The Kier molecular flexibility index (Phi) is 4.06. The van der Waals surface area contributed by atoms with Crippen molar-refractivity contribution < 1.29 is 0 Å². The van der Waals surface area contributed by atoms with Gasteiger partial charge in [0.05, 0.1) is 5.02 Å². The molecule has 0 unspecified atom stereocenters. The van der Waals surface area contributed by atoms with Gasteiger partial charge in [0.25, 0.3) is 0 Å². The molecule has 0 atom stereocenters. The predicted octanol–water partition coefficient (Wildman–Crippen LogP) is 1.20. The van der Waals surface area contributed by atoms with Crippen LogP contribution in [-0.2, 0) is 20.0 Å². The first-order chi connectivity index (χ1) is 8.25. The van der Waals surface area contributed by atoms with Gasteiger partial charge in [0.1, 0.15) is 6.33 Å². The molecule has 2 aromatic rings. The summed E-state index contributed by atoms with van der Waals surface area (Å²) < 4.78 is 1.70. The SMILES string of the molecule is Cn1cnc(CCNCc2ccncc2Cl)n1. The van der Waals surface area contributed by atoms with E-state index in [1.807, 2.05) is 13.1 Å². The van der Waals surface area contributed by atoms with Crippen LogP contribution in [0.15, 0.2) is 24.8 Å². The van der Waals surface area contributed by atoms with Gasteiger partial charge in [-0.15, -0.1) is 0 Å². The van der Waals surface area contributed by atoms with E-state index >= 15 is 0 Å². The zero-order chi connectivity index (χ0) is 12.1. The van der Waals surface area contributed by atoms with E-state index in [4.69, 9.17) is 11.6 Å². The Morgan fingerprint density at radius 2 is 2.35 bits per heavy atom. The molecule has 0 aliphatic rings. The van der Waals surface area contributed by atoms with Gasteiger partial charge in [-0.25, -0.2) is 4.98 Å².